The summed E-state index contributed by atoms with van der Waals surface area (Å²) >= 11 is 0. The van der Waals surface area contributed by atoms with Gasteiger partial charge in [-0.1, -0.05) is 69.8 Å². The van der Waals surface area contributed by atoms with Crippen LogP contribution in [-0.4, -0.2) is 20.1 Å². The molecule has 0 aliphatic carbocycles. The average Bonchev–Trinajstić information content (AvgIpc) is 3.46. The van der Waals surface area contributed by atoms with Gasteiger partial charge in [0.05, 0.1) is 0 Å². The molecule has 152 valence electrons. The maximum Gasteiger partial charge on any atom is 1.00 e. The number of aromatic nitrogens is 2. The van der Waals surface area contributed by atoms with Crippen molar-refractivity contribution in [3.8, 4) is 0 Å². The molecule has 0 saturated heterocycles. The maximum atomic E-state index is 4.45. The van der Waals surface area contributed by atoms with Gasteiger partial charge < -0.3 is 4.98 Å². The summed E-state index contributed by atoms with van der Waals surface area (Å²) in [5.74, 6) is 0. The molecule has 2 aromatic heterocycles. The Balaban J connectivity index is 0.000000149. The zero-order valence-corrected chi connectivity index (χ0v) is 18.7. The number of hydrogen-bond donors (Lipinski definition) is 0. The fourth-order valence-electron chi connectivity index (χ4n) is 3.41. The van der Waals surface area contributed by atoms with Crippen molar-refractivity contribution in [2.75, 3.05) is 0 Å². The van der Waals surface area contributed by atoms with E-state index in [4.69, 9.17) is 0 Å². The number of benzene rings is 3. The van der Waals surface area contributed by atoms with Gasteiger partial charge in [0, 0.05) is 36.7 Å². The Kier molecular flexibility index (Phi) is 6.37. The molecule has 0 saturated carbocycles. The van der Waals surface area contributed by atoms with E-state index < -0.39 is 0 Å². The zero-order valence-electron chi connectivity index (χ0n) is 16.6. The van der Waals surface area contributed by atoms with Crippen molar-refractivity contribution in [3.63, 3.8) is 0 Å². The summed E-state index contributed by atoms with van der Waals surface area (Å²) in [6, 6.07) is 33.8. The summed E-state index contributed by atoms with van der Waals surface area (Å²) in [6.45, 7) is 0. The van der Waals surface area contributed by atoms with Crippen molar-refractivity contribution < 1.29 is 31.5 Å². The largest absolute Gasteiger partial charge is 1.00 e. The third-order valence-electron chi connectivity index (χ3n) is 4.88. The van der Waals surface area contributed by atoms with Gasteiger partial charge in [-0.3, -0.25) is 4.98 Å². The third-order valence-corrected chi connectivity index (χ3v) is 4.88. The molecule has 3 heterocycles. The molecule has 1 aliphatic rings. The fraction of sp³-hybridized carbons (Fsp3) is 0. The number of fused-ring (bicyclic) bond motifs is 3. The van der Waals surface area contributed by atoms with Crippen molar-refractivity contribution >= 4 is 39.2 Å². The van der Waals surface area contributed by atoms with Crippen LogP contribution in [0, 0.1) is 0 Å². The second-order valence-electron chi connectivity index (χ2n) is 6.83. The van der Waals surface area contributed by atoms with E-state index in [2.05, 4.69) is 46.3 Å². The molecule has 3 aromatic carbocycles. The minimum atomic E-state index is 0. The van der Waals surface area contributed by atoms with Crippen LogP contribution in [0.15, 0.2) is 116 Å². The van der Waals surface area contributed by atoms with Crippen LogP contribution in [0.2, 0.25) is 0 Å². The number of pyridine rings is 1. The van der Waals surface area contributed by atoms with Crippen LogP contribution in [0.4, 0.5) is 11.4 Å². The maximum absolute atomic E-state index is 4.45. The van der Waals surface area contributed by atoms with Crippen molar-refractivity contribution in [1.29, 1.82) is 0 Å². The summed E-state index contributed by atoms with van der Waals surface area (Å²) in [5.41, 5.74) is 4.25. The average molecular weight is 584 g/mol. The third kappa shape index (κ3) is 4.48. The first-order valence-electron chi connectivity index (χ1n) is 9.77. The van der Waals surface area contributed by atoms with Crippen LogP contribution >= 0.6 is 0 Å². The van der Waals surface area contributed by atoms with E-state index in [0.717, 1.165) is 22.4 Å². The monoisotopic (exact) mass is 584 g/mol. The van der Waals surface area contributed by atoms with Crippen LogP contribution in [0.25, 0.3) is 21.8 Å². The molecule has 5 heteroatoms. The Bertz CT molecular complexity index is 1310. The molecule has 31 heavy (non-hydrogen) atoms. The van der Waals surface area contributed by atoms with Crippen LogP contribution in [-0.2, 0) is 22.4 Å². The smallest absolute Gasteiger partial charge is 0.656 e. The molecular weight excluding hydrogens is 565 g/mol. The Labute approximate surface area is 196 Å². The van der Waals surface area contributed by atoms with Crippen LogP contribution in [0.3, 0.4) is 0 Å². The van der Waals surface area contributed by atoms with E-state index in [1.165, 1.54) is 10.8 Å². The van der Waals surface area contributed by atoms with Crippen LogP contribution in [0.5, 0.6) is 0 Å². The summed E-state index contributed by atoms with van der Waals surface area (Å²) in [6.07, 6.45) is 7.61. The van der Waals surface area contributed by atoms with Gasteiger partial charge in [0.15, 0.2) is 0 Å². The predicted molar refractivity (Wildman–Crippen MR) is 119 cm³/mol. The minimum Gasteiger partial charge on any atom is -0.656 e. The van der Waals surface area contributed by atoms with E-state index in [0.29, 0.717) is 0 Å². The Morgan fingerprint density at radius 1 is 0.613 bits per heavy atom. The van der Waals surface area contributed by atoms with E-state index in [9.17, 15) is 0 Å². The molecule has 0 radical (unpaired) electrons. The van der Waals surface area contributed by atoms with Gasteiger partial charge in [0.1, 0.15) is 0 Å². The molecular formula is C26H19AuN4+2. The number of para-hydroxylation sites is 3. The van der Waals surface area contributed by atoms with Gasteiger partial charge in [-0.25, -0.2) is 0 Å². The van der Waals surface area contributed by atoms with Crippen molar-refractivity contribution in [2.45, 2.75) is 0 Å². The topological polar surface area (TPSA) is 33.0 Å². The van der Waals surface area contributed by atoms with Crippen LogP contribution < -0.4 is 4.98 Å². The standard InChI is InChI=1S/C15H12N2.C11H7N2.Au/c1-3-7-14(8-4-1)16-11-12-17(13-16)15-9-5-2-6-10-15;1-2-4-10-8(3-1)9-5-6-12-7-11(9)13-10;/h1-12H;1-7H;/q+2;-1;+1. The predicted octanol–water partition coefficient (Wildman–Crippen LogP) is 5.68. The first kappa shape index (κ1) is 20.7. The van der Waals surface area contributed by atoms with Crippen molar-refractivity contribution in [2.24, 2.45) is 0 Å². The fourth-order valence-corrected chi connectivity index (χ4v) is 3.41. The zero-order chi connectivity index (χ0) is 20.2. The summed E-state index contributed by atoms with van der Waals surface area (Å²) in [5, 5.41) is 2.39. The summed E-state index contributed by atoms with van der Waals surface area (Å²) < 4.78 is 3.96. The second-order valence-corrected chi connectivity index (χ2v) is 6.83. The second kappa shape index (κ2) is 9.52. The number of hydrogen-bond acceptors (Lipinski definition) is 1. The van der Waals surface area contributed by atoms with Crippen molar-refractivity contribution in [3.05, 3.63) is 116 Å². The number of nitrogens with zero attached hydrogens (tertiary/aromatic N) is 4. The molecule has 5 aromatic rings. The van der Waals surface area contributed by atoms with E-state index in [1.54, 1.807) is 12.4 Å². The van der Waals surface area contributed by atoms with Gasteiger partial charge in [0.2, 0.25) is 11.4 Å². The van der Waals surface area contributed by atoms with E-state index >= 15 is 0 Å². The molecule has 4 nitrogen and oxygen atoms in total. The molecule has 0 fully saturated rings. The molecule has 0 unspecified atom stereocenters. The van der Waals surface area contributed by atoms with Crippen LogP contribution in [0.1, 0.15) is 0 Å². The summed E-state index contributed by atoms with van der Waals surface area (Å²) in [4.78, 5) is 8.50. The van der Waals surface area contributed by atoms with Gasteiger partial charge >= 0.3 is 28.4 Å². The molecule has 0 atom stereocenters. The van der Waals surface area contributed by atoms with E-state index in [-0.39, 0.29) is 22.4 Å². The Hall–Kier alpha value is -3.53. The summed E-state index contributed by atoms with van der Waals surface area (Å²) in [7, 11) is 0. The van der Waals surface area contributed by atoms with Gasteiger partial charge in [0.25, 0.3) is 12.4 Å². The molecule has 0 N–H and O–H groups in total. The first-order chi connectivity index (χ1) is 14.9. The SMILES string of the molecule is C1=[N+](c2ccccc2)C=C[N+]=1c1ccccc1.[Au+].c1ccc2c(c1)[n-]c1cnccc12. The van der Waals surface area contributed by atoms with E-state index in [1.807, 2.05) is 82.2 Å². The molecule has 6 rings (SSSR count). The van der Waals surface area contributed by atoms with Gasteiger partial charge in [-0.15, -0.1) is 11.0 Å². The quantitative estimate of drug-likeness (QED) is 0.198. The molecule has 0 amide bonds. The normalized spacial score (nSPS) is 12.0. The molecule has 0 bridgehead atoms. The van der Waals surface area contributed by atoms with Gasteiger partial charge in [-0.05, 0) is 16.8 Å². The first-order valence-corrected chi connectivity index (χ1v) is 9.77. The molecule has 0 spiro atoms. The number of rotatable bonds is 2. The minimum absolute atomic E-state index is 0. The molecule has 1 aliphatic heterocycles. The van der Waals surface area contributed by atoms with Gasteiger partial charge in [-0.2, -0.15) is 0 Å². The Morgan fingerprint density at radius 3 is 1.81 bits per heavy atom. The van der Waals surface area contributed by atoms with Crippen molar-refractivity contribution in [1.82, 2.24) is 9.97 Å². The Morgan fingerprint density at radius 2 is 1.16 bits per heavy atom.